The molecule has 0 bridgehead atoms. The molecule has 10 nitrogen and oxygen atoms in total. The lowest BCUT2D eigenvalue weighted by Crippen LogP contribution is -2.50. The highest BCUT2D eigenvalue weighted by atomic mass is 32.2. The summed E-state index contributed by atoms with van der Waals surface area (Å²) in [4.78, 5) is 15.3. The fourth-order valence-corrected chi connectivity index (χ4v) is 7.63. The van der Waals surface area contributed by atoms with Crippen LogP contribution in [0.25, 0.3) is 0 Å². The third kappa shape index (κ3) is 6.18. The smallest absolute Gasteiger partial charge is 0.271 e. The number of aliphatic hydroxyl groups is 1. The van der Waals surface area contributed by atoms with E-state index in [1.54, 1.807) is 48.7 Å². The first-order chi connectivity index (χ1) is 18.8. The maximum Gasteiger partial charge on any atom is 0.271 e. The van der Waals surface area contributed by atoms with E-state index in [4.69, 9.17) is 4.74 Å². The van der Waals surface area contributed by atoms with E-state index in [1.807, 2.05) is 13.8 Å². The number of thiophene rings is 1. The summed E-state index contributed by atoms with van der Waals surface area (Å²) >= 11 is 1.05. The van der Waals surface area contributed by atoms with Gasteiger partial charge < -0.3 is 14.7 Å². The number of nitrogens with one attached hydrogen (secondary N) is 1. The molecule has 0 spiro atoms. The van der Waals surface area contributed by atoms with Crippen molar-refractivity contribution in [2.24, 2.45) is 5.92 Å². The number of hydrogen-bond acceptors (Lipinski definition) is 8. The van der Waals surface area contributed by atoms with Crippen LogP contribution in [-0.2, 0) is 20.0 Å². The molecule has 216 valence electrons. The van der Waals surface area contributed by atoms with Gasteiger partial charge in [0, 0.05) is 19.5 Å². The average Bonchev–Trinajstić information content (AvgIpc) is 3.47. The maximum absolute atomic E-state index is 13.6. The zero-order chi connectivity index (χ0) is 29.2. The number of aryl methyl sites for hydroxylation is 1. The normalized spacial score (nSPS) is 18.9. The number of sulfonamides is 2. The molecule has 3 aromatic rings. The topological polar surface area (TPSA) is 133 Å². The van der Waals surface area contributed by atoms with Crippen molar-refractivity contribution in [1.29, 1.82) is 0 Å². The van der Waals surface area contributed by atoms with Crippen molar-refractivity contribution < 1.29 is 31.5 Å². The lowest BCUT2D eigenvalue weighted by atomic mass is 9.99. The van der Waals surface area contributed by atoms with E-state index in [9.17, 15) is 26.7 Å². The summed E-state index contributed by atoms with van der Waals surface area (Å²) in [5.41, 5.74) is 1.09. The molecular weight excluding hydrogens is 575 g/mol. The molecule has 4 rings (SSSR count). The first-order valence-electron chi connectivity index (χ1n) is 12.7. The van der Waals surface area contributed by atoms with Gasteiger partial charge in [0.15, 0.2) is 5.75 Å². The molecule has 0 fully saturated rings. The van der Waals surface area contributed by atoms with E-state index in [-0.39, 0.29) is 51.7 Å². The van der Waals surface area contributed by atoms with Gasteiger partial charge in [-0.05, 0) is 49.6 Å². The Labute approximate surface area is 239 Å². The highest BCUT2D eigenvalue weighted by molar-refractivity contribution is 7.94. The number of benzene rings is 2. The number of anilines is 1. The molecular formula is C27H33N3O7S3. The van der Waals surface area contributed by atoms with Gasteiger partial charge in [0.25, 0.3) is 15.9 Å². The Morgan fingerprint density at radius 1 is 1.12 bits per heavy atom. The molecule has 0 radical (unpaired) electrons. The Kier molecular flexibility index (Phi) is 8.90. The molecule has 0 saturated carbocycles. The van der Waals surface area contributed by atoms with Crippen LogP contribution < -0.4 is 9.46 Å². The lowest BCUT2D eigenvalue weighted by molar-refractivity contribution is 0.0389. The molecule has 13 heteroatoms. The maximum atomic E-state index is 13.6. The summed E-state index contributed by atoms with van der Waals surface area (Å²) in [6, 6.07) is 13.6. The number of aliphatic hydroxyl groups excluding tert-OH is 1. The number of carbonyl (C=O) groups excluding carboxylic acids is 1. The zero-order valence-corrected chi connectivity index (χ0v) is 25.1. The molecule has 1 aliphatic heterocycles. The Morgan fingerprint density at radius 2 is 1.82 bits per heavy atom. The zero-order valence-electron chi connectivity index (χ0n) is 22.6. The van der Waals surface area contributed by atoms with Gasteiger partial charge in [-0.3, -0.25) is 9.52 Å². The van der Waals surface area contributed by atoms with E-state index in [2.05, 4.69) is 4.72 Å². The molecule has 0 unspecified atom stereocenters. The minimum atomic E-state index is -3.98. The third-order valence-corrected chi connectivity index (χ3v) is 11.5. The molecule has 0 saturated heterocycles. The Hall–Kier alpha value is -2.97. The standard InChI is InChI=1S/C27H33N3O7S3/c1-18-10-12-21(13-11-18)40(35,36)29(4)16-24-19(2)15-30(20(3)17-31)27(32)22-7-5-8-23(26(22)37-24)28-39(33,34)25-9-6-14-38-25/h5-14,19-20,24,28,31H,15-17H2,1-4H3/t19-,20-,24+/m1/s1. The van der Waals surface area contributed by atoms with Crippen LogP contribution in [0.3, 0.4) is 0 Å². The summed E-state index contributed by atoms with van der Waals surface area (Å²) in [5, 5.41) is 11.5. The Morgan fingerprint density at radius 3 is 2.45 bits per heavy atom. The van der Waals surface area contributed by atoms with Crippen molar-refractivity contribution in [3.8, 4) is 5.75 Å². The number of rotatable bonds is 9. The number of nitrogens with zero attached hydrogens (tertiary/aromatic N) is 2. The van der Waals surface area contributed by atoms with Crippen LogP contribution in [0.2, 0.25) is 0 Å². The fraction of sp³-hybridized carbons (Fsp3) is 0.370. The van der Waals surface area contributed by atoms with Crippen molar-refractivity contribution in [3.63, 3.8) is 0 Å². The predicted octanol–water partition coefficient (Wildman–Crippen LogP) is 3.40. The number of likely N-dealkylation sites (N-methyl/N-ethyl adjacent to an activating group) is 1. The van der Waals surface area contributed by atoms with Crippen molar-refractivity contribution in [2.45, 2.75) is 42.0 Å². The number of amides is 1. The van der Waals surface area contributed by atoms with Crippen molar-refractivity contribution in [2.75, 3.05) is 31.5 Å². The fourth-order valence-electron chi connectivity index (χ4n) is 4.39. The summed E-state index contributed by atoms with van der Waals surface area (Å²) in [7, 11) is -6.39. The molecule has 1 aromatic heterocycles. The minimum absolute atomic E-state index is 0.000421. The molecule has 2 N–H and O–H groups in total. The van der Waals surface area contributed by atoms with Crippen LogP contribution in [-0.4, -0.2) is 75.9 Å². The molecule has 1 amide bonds. The van der Waals surface area contributed by atoms with Gasteiger partial charge in [0.1, 0.15) is 10.3 Å². The average molecular weight is 608 g/mol. The van der Waals surface area contributed by atoms with Gasteiger partial charge >= 0.3 is 0 Å². The summed E-state index contributed by atoms with van der Waals surface area (Å²) in [6.45, 7) is 5.23. The van der Waals surface area contributed by atoms with Gasteiger partial charge in [-0.25, -0.2) is 16.8 Å². The predicted molar refractivity (Wildman–Crippen MR) is 154 cm³/mol. The number of fused-ring (bicyclic) bond motifs is 1. The number of ether oxygens (including phenoxy) is 1. The van der Waals surface area contributed by atoms with E-state index in [0.29, 0.717) is 0 Å². The van der Waals surface area contributed by atoms with Gasteiger partial charge in [-0.15, -0.1) is 11.3 Å². The van der Waals surface area contributed by atoms with E-state index in [0.717, 1.165) is 16.9 Å². The van der Waals surface area contributed by atoms with Crippen LogP contribution in [0.5, 0.6) is 5.75 Å². The van der Waals surface area contributed by atoms with Crippen LogP contribution in [0.1, 0.15) is 29.8 Å². The van der Waals surface area contributed by atoms with Crippen LogP contribution in [0.4, 0.5) is 5.69 Å². The molecule has 3 atom stereocenters. The quantitative estimate of drug-likeness (QED) is 0.381. The lowest BCUT2D eigenvalue weighted by Gasteiger charge is -2.38. The van der Waals surface area contributed by atoms with Crippen LogP contribution in [0.15, 0.2) is 69.1 Å². The number of carbonyl (C=O) groups is 1. The molecule has 40 heavy (non-hydrogen) atoms. The van der Waals surface area contributed by atoms with Gasteiger partial charge in [0.05, 0.1) is 35.3 Å². The van der Waals surface area contributed by atoms with Gasteiger partial charge in [0.2, 0.25) is 10.0 Å². The molecule has 2 heterocycles. The largest absolute Gasteiger partial charge is 0.486 e. The monoisotopic (exact) mass is 607 g/mol. The van der Waals surface area contributed by atoms with Crippen LogP contribution in [0, 0.1) is 12.8 Å². The summed E-state index contributed by atoms with van der Waals surface area (Å²) < 4.78 is 63.0. The van der Waals surface area contributed by atoms with Crippen LogP contribution >= 0.6 is 11.3 Å². The number of hydrogen-bond donors (Lipinski definition) is 2. The van der Waals surface area contributed by atoms with E-state index >= 15 is 0 Å². The second-order valence-corrected chi connectivity index (χ2v) is 14.8. The van der Waals surface area contributed by atoms with E-state index < -0.39 is 38.1 Å². The molecule has 2 aromatic carbocycles. The summed E-state index contributed by atoms with van der Waals surface area (Å²) in [5.74, 6) is -0.816. The van der Waals surface area contributed by atoms with Crippen molar-refractivity contribution >= 4 is 43.0 Å². The summed E-state index contributed by atoms with van der Waals surface area (Å²) in [6.07, 6.45) is -0.766. The Bertz CT molecular complexity index is 1560. The van der Waals surface area contributed by atoms with Gasteiger partial charge in [-0.2, -0.15) is 4.31 Å². The highest BCUT2D eigenvalue weighted by Crippen LogP contribution is 2.36. The van der Waals surface area contributed by atoms with Gasteiger partial charge in [-0.1, -0.05) is 36.8 Å². The van der Waals surface area contributed by atoms with Crippen molar-refractivity contribution in [1.82, 2.24) is 9.21 Å². The second kappa shape index (κ2) is 11.9. The first-order valence-corrected chi connectivity index (χ1v) is 16.5. The first kappa shape index (κ1) is 30.0. The molecule has 0 aliphatic carbocycles. The highest BCUT2D eigenvalue weighted by Gasteiger charge is 2.36. The minimum Gasteiger partial charge on any atom is -0.486 e. The van der Waals surface area contributed by atoms with Crippen molar-refractivity contribution in [3.05, 3.63) is 71.1 Å². The molecule has 1 aliphatic rings. The third-order valence-electron chi connectivity index (χ3n) is 6.86. The Balaban J connectivity index is 1.75. The second-order valence-electron chi connectivity index (χ2n) is 9.94. The SMILES string of the molecule is Cc1ccc(S(=O)(=O)N(C)C[C@@H]2Oc3c(NS(=O)(=O)c4cccs4)cccc3C(=O)N([C@H](C)CO)C[C@H]2C)cc1. The van der Waals surface area contributed by atoms with E-state index in [1.165, 1.54) is 34.5 Å². The number of para-hydroxylation sites is 1.